The Morgan fingerprint density at radius 1 is 1.03 bits per heavy atom. The Kier molecular flexibility index (Phi) is 8.05. The maximum absolute atomic E-state index is 13.6. The van der Waals surface area contributed by atoms with E-state index in [4.69, 9.17) is 27.9 Å². The highest BCUT2D eigenvalue weighted by atomic mass is 35.5. The number of aliphatic hydroxyl groups excluding tert-OH is 1. The van der Waals surface area contributed by atoms with Crippen molar-refractivity contribution in [3.05, 3.63) is 92.5 Å². The Hall–Kier alpha value is -3.48. The van der Waals surface area contributed by atoms with E-state index < -0.39 is 23.5 Å². The molecule has 1 N–H and O–H groups in total. The standard InChI is InChI=1S/C30H30Cl2N2O4/c1-6-33(7-2)21-13-11-19(12-14-21)26-25(27(35)22-15-20(31)16-23(32)29(22)38-5)28(36)30(37)34(26)24-10-8-9-17(3)18(24)4/h8-16,26,35H,6-7H2,1-5H3/b27-25+. The van der Waals surface area contributed by atoms with E-state index in [0.717, 1.165) is 29.9 Å². The number of halogens is 2. The van der Waals surface area contributed by atoms with Crippen LogP contribution in [0.15, 0.2) is 60.2 Å². The van der Waals surface area contributed by atoms with Gasteiger partial charge in [-0.25, -0.2) is 0 Å². The van der Waals surface area contributed by atoms with Gasteiger partial charge < -0.3 is 14.7 Å². The molecule has 0 aromatic heterocycles. The summed E-state index contributed by atoms with van der Waals surface area (Å²) in [6.45, 7) is 9.69. The number of carbonyl (C=O) groups is 2. The number of hydrogen-bond acceptors (Lipinski definition) is 5. The van der Waals surface area contributed by atoms with Gasteiger partial charge in [0.1, 0.15) is 11.5 Å². The van der Waals surface area contributed by atoms with Crippen LogP contribution in [0.3, 0.4) is 0 Å². The van der Waals surface area contributed by atoms with E-state index in [1.807, 2.05) is 56.3 Å². The number of ether oxygens (including phenoxy) is 1. The molecule has 0 saturated carbocycles. The molecular weight excluding hydrogens is 523 g/mol. The van der Waals surface area contributed by atoms with Crippen LogP contribution in [0.1, 0.15) is 42.1 Å². The van der Waals surface area contributed by atoms with Gasteiger partial charge in [0.25, 0.3) is 11.7 Å². The van der Waals surface area contributed by atoms with E-state index in [9.17, 15) is 14.7 Å². The third-order valence-electron chi connectivity index (χ3n) is 7.09. The van der Waals surface area contributed by atoms with E-state index >= 15 is 0 Å². The number of amides is 1. The molecular formula is C30H30Cl2N2O4. The molecule has 1 fully saturated rings. The van der Waals surface area contributed by atoms with Crippen LogP contribution < -0.4 is 14.5 Å². The van der Waals surface area contributed by atoms with Crippen molar-refractivity contribution < 1.29 is 19.4 Å². The molecule has 0 aliphatic carbocycles. The second-order valence-electron chi connectivity index (χ2n) is 9.12. The quantitative estimate of drug-likeness (QED) is 0.192. The van der Waals surface area contributed by atoms with Crippen molar-refractivity contribution in [2.75, 3.05) is 30.0 Å². The first-order valence-corrected chi connectivity index (χ1v) is 13.2. The van der Waals surface area contributed by atoms with Crippen LogP contribution in [0.5, 0.6) is 5.75 Å². The molecule has 8 heteroatoms. The largest absolute Gasteiger partial charge is 0.507 e. The lowest BCUT2D eigenvalue weighted by atomic mass is 9.94. The summed E-state index contributed by atoms with van der Waals surface area (Å²) in [5.74, 6) is -1.79. The van der Waals surface area contributed by atoms with Crippen molar-refractivity contribution in [2.24, 2.45) is 0 Å². The molecule has 0 spiro atoms. The SMILES string of the molecule is CCN(CC)c1ccc(C2/C(=C(\O)c3cc(Cl)cc(Cl)c3OC)C(=O)C(=O)N2c2cccc(C)c2C)cc1. The summed E-state index contributed by atoms with van der Waals surface area (Å²) in [7, 11) is 1.41. The molecule has 1 unspecified atom stereocenters. The van der Waals surface area contributed by atoms with E-state index in [-0.39, 0.29) is 26.9 Å². The first-order valence-electron chi connectivity index (χ1n) is 12.4. The summed E-state index contributed by atoms with van der Waals surface area (Å²) in [6, 6.07) is 15.4. The number of benzene rings is 3. The zero-order valence-electron chi connectivity index (χ0n) is 22.0. The van der Waals surface area contributed by atoms with Gasteiger partial charge in [0.05, 0.1) is 29.3 Å². The average molecular weight is 553 g/mol. The second kappa shape index (κ2) is 11.1. The van der Waals surface area contributed by atoms with Crippen LogP contribution in [0.2, 0.25) is 10.0 Å². The normalized spacial score (nSPS) is 16.7. The molecule has 1 aliphatic heterocycles. The fourth-order valence-corrected chi connectivity index (χ4v) is 5.51. The number of carbonyl (C=O) groups excluding carboxylic acids is 2. The molecule has 0 bridgehead atoms. The minimum atomic E-state index is -0.885. The third kappa shape index (κ3) is 4.74. The molecule has 1 aliphatic rings. The van der Waals surface area contributed by atoms with Crippen molar-refractivity contribution in [1.82, 2.24) is 0 Å². The van der Waals surface area contributed by atoms with Crippen molar-refractivity contribution in [2.45, 2.75) is 33.7 Å². The summed E-state index contributed by atoms with van der Waals surface area (Å²) in [4.78, 5) is 30.9. The van der Waals surface area contributed by atoms with Crippen molar-refractivity contribution in [3.63, 3.8) is 0 Å². The van der Waals surface area contributed by atoms with Gasteiger partial charge in [-0.05, 0) is 74.7 Å². The number of methoxy groups -OCH3 is 1. The average Bonchev–Trinajstić information content (AvgIpc) is 3.16. The van der Waals surface area contributed by atoms with E-state index in [2.05, 4.69) is 18.7 Å². The smallest absolute Gasteiger partial charge is 0.300 e. The maximum atomic E-state index is 13.6. The number of Topliss-reactive ketones (excluding diaryl/α,β-unsaturated/α-hetero) is 1. The van der Waals surface area contributed by atoms with Gasteiger partial charge in [-0.15, -0.1) is 0 Å². The van der Waals surface area contributed by atoms with Gasteiger partial charge in [0.15, 0.2) is 0 Å². The Labute approximate surface area is 233 Å². The van der Waals surface area contributed by atoms with Crippen LogP contribution >= 0.6 is 23.2 Å². The minimum Gasteiger partial charge on any atom is -0.507 e. The molecule has 1 amide bonds. The third-order valence-corrected chi connectivity index (χ3v) is 7.58. The molecule has 198 valence electrons. The van der Waals surface area contributed by atoms with Gasteiger partial charge in [-0.1, -0.05) is 47.5 Å². The molecule has 6 nitrogen and oxygen atoms in total. The molecule has 1 atom stereocenters. The first-order chi connectivity index (χ1) is 18.1. The number of ketones is 1. The molecule has 3 aromatic rings. The van der Waals surface area contributed by atoms with Crippen molar-refractivity contribution >= 4 is 52.0 Å². The number of aryl methyl sites for hydroxylation is 1. The summed E-state index contributed by atoms with van der Waals surface area (Å²) in [5, 5.41) is 12.0. The van der Waals surface area contributed by atoms with E-state index in [1.165, 1.54) is 24.1 Å². The molecule has 4 rings (SSSR count). The first kappa shape index (κ1) is 27.6. The predicted molar refractivity (Wildman–Crippen MR) is 154 cm³/mol. The Bertz CT molecular complexity index is 1430. The molecule has 3 aromatic carbocycles. The second-order valence-corrected chi connectivity index (χ2v) is 9.96. The van der Waals surface area contributed by atoms with Crippen LogP contribution in [-0.4, -0.2) is 37.0 Å². The monoisotopic (exact) mass is 552 g/mol. The van der Waals surface area contributed by atoms with E-state index in [0.29, 0.717) is 11.3 Å². The highest BCUT2D eigenvalue weighted by Gasteiger charge is 2.47. The number of nitrogens with zero attached hydrogens (tertiary/aromatic N) is 2. The van der Waals surface area contributed by atoms with Gasteiger partial charge in [-0.3, -0.25) is 14.5 Å². The number of hydrogen-bond donors (Lipinski definition) is 1. The van der Waals surface area contributed by atoms with Crippen LogP contribution in [0.4, 0.5) is 11.4 Å². The summed E-state index contributed by atoms with van der Waals surface area (Å²) < 4.78 is 5.43. The number of rotatable bonds is 7. The van der Waals surface area contributed by atoms with Gasteiger partial charge >= 0.3 is 0 Å². The molecule has 0 radical (unpaired) electrons. The lowest BCUT2D eigenvalue weighted by molar-refractivity contribution is -0.132. The summed E-state index contributed by atoms with van der Waals surface area (Å²) in [5.41, 5.74) is 4.20. The zero-order chi connectivity index (χ0) is 27.7. The lowest BCUT2D eigenvalue weighted by Crippen LogP contribution is -2.30. The van der Waals surface area contributed by atoms with Gasteiger partial charge in [0.2, 0.25) is 0 Å². The topological polar surface area (TPSA) is 70.1 Å². The number of anilines is 2. The van der Waals surface area contributed by atoms with Crippen LogP contribution in [0, 0.1) is 13.8 Å². The fourth-order valence-electron chi connectivity index (χ4n) is 4.94. The molecule has 1 saturated heterocycles. The fraction of sp³-hybridized carbons (Fsp3) is 0.267. The van der Waals surface area contributed by atoms with Crippen molar-refractivity contribution in [1.29, 1.82) is 0 Å². The highest BCUT2D eigenvalue weighted by Crippen LogP contribution is 2.46. The van der Waals surface area contributed by atoms with E-state index in [1.54, 1.807) is 0 Å². The van der Waals surface area contributed by atoms with Crippen LogP contribution in [-0.2, 0) is 9.59 Å². The predicted octanol–water partition coefficient (Wildman–Crippen LogP) is 7.09. The summed E-state index contributed by atoms with van der Waals surface area (Å²) in [6.07, 6.45) is 0. The molecule has 1 heterocycles. The highest BCUT2D eigenvalue weighted by molar-refractivity contribution is 6.52. The Morgan fingerprint density at radius 3 is 2.29 bits per heavy atom. The maximum Gasteiger partial charge on any atom is 0.300 e. The number of aliphatic hydroxyl groups is 1. The minimum absolute atomic E-state index is 0.0665. The zero-order valence-corrected chi connectivity index (χ0v) is 23.5. The van der Waals surface area contributed by atoms with Crippen molar-refractivity contribution in [3.8, 4) is 5.75 Å². The Balaban J connectivity index is 2.00. The summed E-state index contributed by atoms with van der Waals surface area (Å²) >= 11 is 12.6. The van der Waals surface area contributed by atoms with Gasteiger partial charge in [0, 0.05) is 29.5 Å². The molecule has 38 heavy (non-hydrogen) atoms. The Morgan fingerprint density at radius 2 is 1.68 bits per heavy atom. The van der Waals surface area contributed by atoms with Crippen LogP contribution in [0.25, 0.3) is 5.76 Å². The van der Waals surface area contributed by atoms with Gasteiger partial charge in [-0.2, -0.15) is 0 Å². The lowest BCUT2D eigenvalue weighted by Gasteiger charge is -2.28.